The molecule has 0 saturated heterocycles. The quantitative estimate of drug-likeness (QED) is 0.780. The minimum atomic E-state index is 0.383. The number of hydrogen-bond acceptors (Lipinski definition) is 2. The lowest BCUT2D eigenvalue weighted by Crippen LogP contribution is -2.26. The van der Waals surface area contributed by atoms with Crippen LogP contribution in [-0.4, -0.2) is 16.4 Å². The predicted octanol–water partition coefficient (Wildman–Crippen LogP) is 3.35. The summed E-state index contributed by atoms with van der Waals surface area (Å²) in [4.78, 5) is 4.44. The Hall–Kier alpha value is -0.760. The Bertz CT molecular complexity index is 319. The molecule has 2 nitrogen and oxygen atoms in total. The molecule has 82 valence electrons. The number of nitrogens with one attached hydrogen (secondary N) is 1. The van der Waals surface area contributed by atoms with Gasteiger partial charge in [0.15, 0.2) is 0 Å². The molecule has 0 bridgehead atoms. The molecule has 1 N–H and O–H groups in total. The molecule has 0 atom stereocenters. The topological polar surface area (TPSA) is 24.9 Å². The van der Waals surface area contributed by atoms with Gasteiger partial charge in [0.25, 0.3) is 0 Å². The molecule has 0 spiro atoms. The highest BCUT2D eigenvalue weighted by Gasteiger charge is 2.19. The Balaban J connectivity index is 1.92. The molecule has 2 rings (SSSR count). The van der Waals surface area contributed by atoms with E-state index >= 15 is 0 Å². The van der Waals surface area contributed by atoms with Crippen LogP contribution in [0.25, 0.3) is 0 Å². The van der Waals surface area contributed by atoms with E-state index in [9.17, 15) is 0 Å². The van der Waals surface area contributed by atoms with Crippen molar-refractivity contribution in [2.45, 2.75) is 44.0 Å². The largest absolute Gasteiger partial charge is 0.367 e. The highest BCUT2D eigenvalue weighted by atomic mass is 35.5. The second-order valence-electron chi connectivity index (χ2n) is 4.26. The third-order valence-corrected chi connectivity index (χ3v) is 3.33. The normalized spacial score (nSPS) is 26.3. The van der Waals surface area contributed by atoms with Crippen LogP contribution in [0.1, 0.15) is 31.4 Å². The van der Waals surface area contributed by atoms with Gasteiger partial charge in [0.05, 0.1) is 0 Å². The molecule has 3 heteroatoms. The Morgan fingerprint density at radius 1 is 1.27 bits per heavy atom. The van der Waals surface area contributed by atoms with Crippen molar-refractivity contribution in [2.24, 2.45) is 0 Å². The van der Waals surface area contributed by atoms with Crippen LogP contribution in [0.5, 0.6) is 0 Å². The molecule has 0 aromatic carbocycles. The van der Waals surface area contributed by atoms with Crippen LogP contribution in [0.2, 0.25) is 0 Å². The van der Waals surface area contributed by atoms with Gasteiger partial charge in [-0.1, -0.05) is 6.07 Å². The Morgan fingerprint density at radius 3 is 2.67 bits per heavy atom. The molecule has 15 heavy (non-hydrogen) atoms. The third-order valence-electron chi connectivity index (χ3n) is 2.90. The minimum Gasteiger partial charge on any atom is -0.367 e. The van der Waals surface area contributed by atoms with E-state index in [2.05, 4.69) is 10.3 Å². The van der Waals surface area contributed by atoms with Crippen molar-refractivity contribution in [2.75, 3.05) is 5.32 Å². The summed E-state index contributed by atoms with van der Waals surface area (Å²) in [5, 5.41) is 3.86. The van der Waals surface area contributed by atoms with E-state index in [0.29, 0.717) is 11.4 Å². The smallest absolute Gasteiger partial charge is 0.126 e. The van der Waals surface area contributed by atoms with Crippen molar-refractivity contribution in [1.82, 2.24) is 4.98 Å². The number of rotatable bonds is 2. The molecule has 0 aliphatic heterocycles. The number of alkyl halides is 1. The third kappa shape index (κ3) is 3.10. The minimum absolute atomic E-state index is 0.383. The number of pyridine rings is 1. The first kappa shape index (κ1) is 10.7. The van der Waals surface area contributed by atoms with Gasteiger partial charge < -0.3 is 5.32 Å². The number of hydrogen-bond donors (Lipinski definition) is 1. The van der Waals surface area contributed by atoms with Crippen LogP contribution in [0.15, 0.2) is 18.2 Å². The van der Waals surface area contributed by atoms with E-state index < -0.39 is 0 Å². The van der Waals surface area contributed by atoms with E-state index in [1.807, 2.05) is 25.1 Å². The number of aryl methyl sites for hydroxylation is 1. The molecule has 1 heterocycles. The number of aromatic nitrogens is 1. The number of halogens is 1. The maximum absolute atomic E-state index is 6.07. The highest BCUT2D eigenvalue weighted by molar-refractivity contribution is 6.20. The molecule has 0 amide bonds. The van der Waals surface area contributed by atoms with Crippen molar-refractivity contribution in [3.05, 3.63) is 23.9 Å². The van der Waals surface area contributed by atoms with E-state index in [0.717, 1.165) is 37.2 Å². The average molecular weight is 225 g/mol. The van der Waals surface area contributed by atoms with Gasteiger partial charge >= 0.3 is 0 Å². The van der Waals surface area contributed by atoms with Crippen molar-refractivity contribution >= 4 is 17.4 Å². The molecule has 0 radical (unpaired) electrons. The zero-order chi connectivity index (χ0) is 10.7. The van der Waals surface area contributed by atoms with Crippen LogP contribution in [0, 0.1) is 6.92 Å². The molecule has 1 saturated carbocycles. The lowest BCUT2D eigenvalue weighted by molar-refractivity contribution is 0.467. The number of nitrogens with zero attached hydrogens (tertiary/aromatic N) is 1. The van der Waals surface area contributed by atoms with Crippen LogP contribution in [-0.2, 0) is 0 Å². The maximum atomic E-state index is 6.07. The maximum Gasteiger partial charge on any atom is 0.126 e. The molecular formula is C12H17ClN2. The lowest BCUT2D eigenvalue weighted by atomic mass is 9.95. The molecule has 1 aliphatic carbocycles. The first-order valence-corrected chi connectivity index (χ1v) is 6.02. The highest BCUT2D eigenvalue weighted by Crippen LogP contribution is 2.24. The fourth-order valence-corrected chi connectivity index (χ4v) is 2.28. The predicted molar refractivity (Wildman–Crippen MR) is 64.5 cm³/mol. The summed E-state index contributed by atoms with van der Waals surface area (Å²) in [6.07, 6.45) is 4.55. The average Bonchev–Trinajstić information content (AvgIpc) is 2.22. The fourth-order valence-electron chi connectivity index (χ4n) is 2.03. The first-order chi connectivity index (χ1) is 7.24. The molecule has 1 aromatic heterocycles. The SMILES string of the molecule is Cc1cccc(NC2CCC(Cl)CC2)n1. The van der Waals surface area contributed by atoms with Gasteiger partial charge in [0.1, 0.15) is 5.82 Å². The summed E-state index contributed by atoms with van der Waals surface area (Å²) >= 11 is 6.07. The monoisotopic (exact) mass is 224 g/mol. The van der Waals surface area contributed by atoms with E-state index in [1.165, 1.54) is 0 Å². The lowest BCUT2D eigenvalue weighted by Gasteiger charge is -2.26. The second kappa shape index (κ2) is 4.84. The summed E-state index contributed by atoms with van der Waals surface area (Å²) < 4.78 is 0. The van der Waals surface area contributed by atoms with E-state index in [-0.39, 0.29) is 0 Å². The van der Waals surface area contributed by atoms with Gasteiger partial charge in [-0.05, 0) is 44.7 Å². The standard InChI is InChI=1S/C12H17ClN2/c1-9-3-2-4-12(14-9)15-11-7-5-10(13)6-8-11/h2-4,10-11H,5-8H2,1H3,(H,14,15). The molecule has 1 aromatic rings. The summed E-state index contributed by atoms with van der Waals surface area (Å²) in [7, 11) is 0. The second-order valence-corrected chi connectivity index (χ2v) is 4.87. The zero-order valence-electron chi connectivity index (χ0n) is 9.04. The van der Waals surface area contributed by atoms with Crippen LogP contribution in [0.4, 0.5) is 5.82 Å². The van der Waals surface area contributed by atoms with Crippen LogP contribution < -0.4 is 5.32 Å². The van der Waals surface area contributed by atoms with Crippen LogP contribution in [0.3, 0.4) is 0 Å². The summed E-state index contributed by atoms with van der Waals surface area (Å²) in [6.45, 7) is 2.01. The van der Waals surface area contributed by atoms with Crippen molar-refractivity contribution < 1.29 is 0 Å². The van der Waals surface area contributed by atoms with Crippen molar-refractivity contribution in [1.29, 1.82) is 0 Å². The summed E-state index contributed by atoms with van der Waals surface area (Å²) in [5.74, 6) is 0.994. The van der Waals surface area contributed by atoms with Gasteiger partial charge in [-0.2, -0.15) is 0 Å². The molecular weight excluding hydrogens is 208 g/mol. The zero-order valence-corrected chi connectivity index (χ0v) is 9.80. The van der Waals surface area contributed by atoms with Crippen molar-refractivity contribution in [3.8, 4) is 0 Å². The Kier molecular flexibility index (Phi) is 3.47. The first-order valence-electron chi connectivity index (χ1n) is 5.58. The molecule has 1 aliphatic rings. The van der Waals surface area contributed by atoms with E-state index in [1.54, 1.807) is 0 Å². The van der Waals surface area contributed by atoms with Gasteiger partial charge in [-0.15, -0.1) is 11.6 Å². The summed E-state index contributed by atoms with van der Waals surface area (Å²) in [6, 6.07) is 6.63. The molecule has 0 unspecified atom stereocenters. The fraction of sp³-hybridized carbons (Fsp3) is 0.583. The van der Waals surface area contributed by atoms with Crippen molar-refractivity contribution in [3.63, 3.8) is 0 Å². The van der Waals surface area contributed by atoms with Gasteiger partial charge in [0.2, 0.25) is 0 Å². The Labute approximate surface area is 96.1 Å². The van der Waals surface area contributed by atoms with Gasteiger partial charge in [0, 0.05) is 17.1 Å². The Morgan fingerprint density at radius 2 is 2.00 bits per heavy atom. The van der Waals surface area contributed by atoms with Crippen LogP contribution >= 0.6 is 11.6 Å². The van der Waals surface area contributed by atoms with Gasteiger partial charge in [-0.3, -0.25) is 0 Å². The van der Waals surface area contributed by atoms with Gasteiger partial charge in [-0.25, -0.2) is 4.98 Å². The van der Waals surface area contributed by atoms with E-state index in [4.69, 9.17) is 11.6 Å². The molecule has 1 fully saturated rings. The number of anilines is 1. The summed E-state index contributed by atoms with van der Waals surface area (Å²) in [5.41, 5.74) is 1.06.